The van der Waals surface area contributed by atoms with Gasteiger partial charge in [-0.25, -0.2) is 4.98 Å². The van der Waals surface area contributed by atoms with Crippen molar-refractivity contribution < 1.29 is 4.79 Å². The summed E-state index contributed by atoms with van der Waals surface area (Å²) in [5.41, 5.74) is 2.81. The molecule has 5 heteroatoms. The van der Waals surface area contributed by atoms with Crippen LogP contribution in [0.25, 0.3) is 11.3 Å². The van der Waals surface area contributed by atoms with Gasteiger partial charge in [0.25, 0.3) is 0 Å². The number of hydrogen-bond acceptors (Lipinski definition) is 4. The van der Waals surface area contributed by atoms with Crippen LogP contribution >= 0.6 is 11.3 Å². The Balaban J connectivity index is 1.76. The van der Waals surface area contributed by atoms with E-state index in [1.807, 2.05) is 29.6 Å². The Bertz CT molecular complexity index is 619. The second kappa shape index (κ2) is 5.63. The molecule has 1 aromatic carbocycles. The summed E-state index contributed by atoms with van der Waals surface area (Å²) in [4.78, 5) is 16.3. The summed E-state index contributed by atoms with van der Waals surface area (Å²) < 4.78 is 0. The van der Waals surface area contributed by atoms with Crippen LogP contribution in [0.2, 0.25) is 0 Å². The molecule has 0 spiro atoms. The molecular formula is C15H17N3OS. The molecule has 20 heavy (non-hydrogen) atoms. The van der Waals surface area contributed by atoms with Gasteiger partial charge >= 0.3 is 0 Å². The van der Waals surface area contributed by atoms with Crippen LogP contribution in [0.4, 0.5) is 10.8 Å². The van der Waals surface area contributed by atoms with E-state index in [2.05, 4.69) is 22.5 Å². The van der Waals surface area contributed by atoms with E-state index in [-0.39, 0.29) is 11.8 Å². The minimum Gasteiger partial charge on any atom is -0.362 e. The summed E-state index contributed by atoms with van der Waals surface area (Å²) in [6.07, 6.45) is 2.04. The maximum atomic E-state index is 11.8. The Morgan fingerprint density at radius 3 is 3.05 bits per heavy atom. The molecule has 0 unspecified atom stereocenters. The molecule has 3 rings (SSSR count). The minimum atomic E-state index is 0.133. The lowest BCUT2D eigenvalue weighted by atomic mass is 10.1. The Hall–Kier alpha value is -1.88. The van der Waals surface area contributed by atoms with Crippen LogP contribution < -0.4 is 10.6 Å². The van der Waals surface area contributed by atoms with E-state index in [1.165, 1.54) is 0 Å². The van der Waals surface area contributed by atoms with E-state index in [4.69, 9.17) is 0 Å². The SMILES string of the molecule is CCNc1nc(-c2cccc(NC(=O)C3CC3)c2)cs1. The second-order valence-corrected chi connectivity index (χ2v) is 5.77. The molecule has 1 amide bonds. The third-order valence-corrected chi connectivity index (χ3v) is 4.01. The van der Waals surface area contributed by atoms with Gasteiger partial charge in [-0.2, -0.15) is 0 Å². The first kappa shape index (κ1) is 13.1. The largest absolute Gasteiger partial charge is 0.362 e. The lowest BCUT2D eigenvalue weighted by Gasteiger charge is -2.05. The number of rotatable bonds is 5. The zero-order valence-electron chi connectivity index (χ0n) is 11.3. The van der Waals surface area contributed by atoms with Gasteiger partial charge < -0.3 is 10.6 Å². The third-order valence-electron chi connectivity index (χ3n) is 3.21. The summed E-state index contributed by atoms with van der Waals surface area (Å²) in [6.45, 7) is 2.92. The smallest absolute Gasteiger partial charge is 0.227 e. The molecule has 2 N–H and O–H groups in total. The summed E-state index contributed by atoms with van der Waals surface area (Å²) in [6, 6.07) is 7.86. The van der Waals surface area contributed by atoms with Crippen molar-refractivity contribution in [2.75, 3.05) is 17.2 Å². The zero-order chi connectivity index (χ0) is 13.9. The monoisotopic (exact) mass is 287 g/mol. The number of nitrogens with zero attached hydrogens (tertiary/aromatic N) is 1. The van der Waals surface area contributed by atoms with Gasteiger partial charge in [0.2, 0.25) is 5.91 Å². The highest BCUT2D eigenvalue weighted by Gasteiger charge is 2.29. The summed E-state index contributed by atoms with van der Waals surface area (Å²) in [7, 11) is 0. The summed E-state index contributed by atoms with van der Waals surface area (Å²) in [5.74, 6) is 0.354. The van der Waals surface area contributed by atoms with Crippen LogP contribution in [0.3, 0.4) is 0 Å². The highest BCUT2D eigenvalue weighted by molar-refractivity contribution is 7.14. The molecular weight excluding hydrogens is 270 g/mol. The topological polar surface area (TPSA) is 54.0 Å². The van der Waals surface area contributed by atoms with Gasteiger partial charge in [0, 0.05) is 29.1 Å². The van der Waals surface area contributed by atoms with Crippen LogP contribution in [0, 0.1) is 5.92 Å². The normalized spacial score (nSPS) is 14.1. The lowest BCUT2D eigenvalue weighted by molar-refractivity contribution is -0.117. The molecule has 104 valence electrons. The van der Waals surface area contributed by atoms with E-state index in [9.17, 15) is 4.79 Å². The molecule has 1 heterocycles. The average molecular weight is 287 g/mol. The van der Waals surface area contributed by atoms with Crippen molar-refractivity contribution in [3.05, 3.63) is 29.6 Å². The maximum absolute atomic E-state index is 11.8. The maximum Gasteiger partial charge on any atom is 0.227 e. The first-order valence-electron chi connectivity index (χ1n) is 6.87. The molecule has 1 aliphatic carbocycles. The van der Waals surface area contributed by atoms with Crippen LogP contribution in [0.15, 0.2) is 29.6 Å². The number of thiazole rings is 1. The van der Waals surface area contributed by atoms with E-state index in [0.717, 1.165) is 41.5 Å². The van der Waals surface area contributed by atoms with Gasteiger partial charge in [0.05, 0.1) is 5.69 Å². The zero-order valence-corrected chi connectivity index (χ0v) is 12.2. The Kier molecular flexibility index (Phi) is 3.69. The Morgan fingerprint density at radius 2 is 2.30 bits per heavy atom. The molecule has 0 bridgehead atoms. The summed E-state index contributed by atoms with van der Waals surface area (Å²) >= 11 is 1.59. The molecule has 1 aromatic heterocycles. The predicted molar refractivity (Wildman–Crippen MR) is 83.1 cm³/mol. The van der Waals surface area contributed by atoms with Crippen molar-refractivity contribution in [2.24, 2.45) is 5.92 Å². The van der Waals surface area contributed by atoms with Crippen molar-refractivity contribution in [3.8, 4) is 11.3 Å². The van der Waals surface area contributed by atoms with Crippen molar-refractivity contribution in [2.45, 2.75) is 19.8 Å². The Labute approximate surface area is 122 Å². The lowest BCUT2D eigenvalue weighted by Crippen LogP contribution is -2.13. The van der Waals surface area contributed by atoms with Crippen molar-refractivity contribution in [3.63, 3.8) is 0 Å². The number of aromatic nitrogens is 1. The van der Waals surface area contributed by atoms with Crippen molar-refractivity contribution in [1.82, 2.24) is 4.98 Å². The molecule has 1 aliphatic rings. The Morgan fingerprint density at radius 1 is 1.45 bits per heavy atom. The highest BCUT2D eigenvalue weighted by atomic mass is 32.1. The number of hydrogen-bond donors (Lipinski definition) is 2. The molecule has 0 radical (unpaired) electrons. The molecule has 0 saturated heterocycles. The number of amides is 1. The number of nitrogens with one attached hydrogen (secondary N) is 2. The van der Waals surface area contributed by atoms with Crippen molar-refractivity contribution >= 4 is 28.1 Å². The third kappa shape index (κ3) is 2.99. The molecule has 4 nitrogen and oxygen atoms in total. The quantitative estimate of drug-likeness (QED) is 0.883. The summed E-state index contributed by atoms with van der Waals surface area (Å²) in [5, 5.41) is 9.13. The fourth-order valence-electron chi connectivity index (χ4n) is 1.98. The van der Waals surface area contributed by atoms with E-state index < -0.39 is 0 Å². The van der Waals surface area contributed by atoms with Crippen LogP contribution in [-0.2, 0) is 4.79 Å². The van der Waals surface area contributed by atoms with Gasteiger partial charge in [0.1, 0.15) is 0 Å². The van der Waals surface area contributed by atoms with Gasteiger partial charge in [-0.05, 0) is 31.9 Å². The molecule has 1 saturated carbocycles. The number of benzene rings is 1. The second-order valence-electron chi connectivity index (χ2n) is 4.91. The first-order valence-corrected chi connectivity index (χ1v) is 7.75. The van der Waals surface area contributed by atoms with Crippen LogP contribution in [0.5, 0.6) is 0 Å². The molecule has 1 fully saturated rings. The van der Waals surface area contributed by atoms with Gasteiger partial charge in [-0.15, -0.1) is 11.3 Å². The number of anilines is 2. The van der Waals surface area contributed by atoms with E-state index in [0.29, 0.717) is 0 Å². The molecule has 2 aromatic rings. The van der Waals surface area contributed by atoms with E-state index >= 15 is 0 Å². The number of carbonyl (C=O) groups excluding carboxylic acids is 1. The average Bonchev–Trinajstić information content (AvgIpc) is 3.20. The van der Waals surface area contributed by atoms with E-state index in [1.54, 1.807) is 11.3 Å². The van der Waals surface area contributed by atoms with Crippen LogP contribution in [0.1, 0.15) is 19.8 Å². The van der Waals surface area contributed by atoms with Crippen LogP contribution in [-0.4, -0.2) is 17.4 Å². The van der Waals surface area contributed by atoms with Gasteiger partial charge in [-0.3, -0.25) is 4.79 Å². The van der Waals surface area contributed by atoms with Gasteiger partial charge in [0.15, 0.2) is 5.13 Å². The molecule has 0 atom stereocenters. The van der Waals surface area contributed by atoms with Gasteiger partial charge in [-0.1, -0.05) is 12.1 Å². The predicted octanol–water partition coefficient (Wildman–Crippen LogP) is 3.59. The standard InChI is InChI=1S/C15H17N3OS/c1-2-16-15-18-13(9-20-15)11-4-3-5-12(8-11)17-14(19)10-6-7-10/h3-5,8-10H,2,6-7H2,1H3,(H,16,18)(H,17,19). The highest BCUT2D eigenvalue weighted by Crippen LogP contribution is 2.31. The fourth-order valence-corrected chi connectivity index (χ4v) is 2.78. The molecule has 0 aliphatic heterocycles. The first-order chi connectivity index (χ1) is 9.76. The fraction of sp³-hybridized carbons (Fsp3) is 0.333. The number of carbonyl (C=O) groups is 1. The minimum absolute atomic E-state index is 0.133. The van der Waals surface area contributed by atoms with Crippen molar-refractivity contribution in [1.29, 1.82) is 0 Å².